The monoisotopic (exact) mass is 345 g/mol. The summed E-state index contributed by atoms with van der Waals surface area (Å²) in [6.07, 6.45) is 1.67. The van der Waals surface area contributed by atoms with E-state index in [4.69, 9.17) is 9.47 Å². The van der Waals surface area contributed by atoms with Crippen molar-refractivity contribution in [1.82, 2.24) is 5.32 Å². The number of nitrogens with zero attached hydrogens (tertiary/aromatic N) is 1. The number of aliphatic imine (C=N–C) groups is 1. The fraction of sp³-hybridized carbons (Fsp3) is 0.316. The van der Waals surface area contributed by atoms with Gasteiger partial charge in [-0.15, -0.1) is 0 Å². The van der Waals surface area contributed by atoms with Crippen LogP contribution in [0.15, 0.2) is 47.5 Å². The largest absolute Gasteiger partial charge is 0.493 e. The summed E-state index contributed by atoms with van der Waals surface area (Å²) in [6, 6.07) is 12.3. The van der Waals surface area contributed by atoms with Crippen molar-refractivity contribution in [1.29, 1.82) is 0 Å². The summed E-state index contributed by atoms with van der Waals surface area (Å²) in [5, 5.41) is 6.45. The van der Waals surface area contributed by atoms with Gasteiger partial charge in [0.05, 0.1) is 14.2 Å². The third-order valence-corrected chi connectivity index (χ3v) is 3.69. The van der Waals surface area contributed by atoms with Crippen LogP contribution in [0.4, 0.5) is 10.1 Å². The van der Waals surface area contributed by atoms with E-state index in [0.717, 1.165) is 30.6 Å². The number of hydrogen-bond acceptors (Lipinski definition) is 3. The number of halogens is 1. The van der Waals surface area contributed by atoms with E-state index in [0.29, 0.717) is 17.5 Å². The van der Waals surface area contributed by atoms with Crippen LogP contribution in [0, 0.1) is 5.82 Å². The Morgan fingerprint density at radius 2 is 1.88 bits per heavy atom. The maximum absolute atomic E-state index is 13.2. The van der Waals surface area contributed by atoms with Gasteiger partial charge in [0.15, 0.2) is 17.5 Å². The van der Waals surface area contributed by atoms with Gasteiger partial charge in [0.2, 0.25) is 0 Å². The second-order valence-corrected chi connectivity index (χ2v) is 5.43. The van der Waals surface area contributed by atoms with Crippen molar-refractivity contribution < 1.29 is 13.9 Å². The van der Waals surface area contributed by atoms with Crippen LogP contribution < -0.4 is 20.1 Å². The Hall–Kier alpha value is -2.76. The molecule has 0 aromatic heterocycles. The Morgan fingerprint density at radius 1 is 1.08 bits per heavy atom. The fourth-order valence-corrected chi connectivity index (χ4v) is 2.42. The molecule has 25 heavy (non-hydrogen) atoms. The molecule has 0 saturated carbocycles. The summed E-state index contributed by atoms with van der Waals surface area (Å²) < 4.78 is 23.7. The molecule has 0 fully saturated rings. The van der Waals surface area contributed by atoms with E-state index in [2.05, 4.69) is 15.6 Å². The van der Waals surface area contributed by atoms with Gasteiger partial charge in [-0.1, -0.05) is 12.1 Å². The minimum absolute atomic E-state index is 0.198. The van der Waals surface area contributed by atoms with Crippen molar-refractivity contribution in [3.8, 4) is 11.5 Å². The molecule has 134 valence electrons. The summed E-state index contributed by atoms with van der Waals surface area (Å²) in [5.74, 6) is 1.78. The van der Waals surface area contributed by atoms with Gasteiger partial charge in [-0.3, -0.25) is 4.99 Å². The van der Waals surface area contributed by atoms with E-state index < -0.39 is 0 Å². The molecule has 0 saturated heterocycles. The van der Waals surface area contributed by atoms with Crippen molar-refractivity contribution in [3.63, 3.8) is 0 Å². The van der Waals surface area contributed by atoms with Gasteiger partial charge in [-0.25, -0.2) is 4.39 Å². The lowest BCUT2D eigenvalue weighted by molar-refractivity contribution is 0.355. The first-order valence-corrected chi connectivity index (χ1v) is 8.10. The molecule has 0 bridgehead atoms. The van der Waals surface area contributed by atoms with E-state index >= 15 is 0 Å². The molecule has 0 spiro atoms. The van der Waals surface area contributed by atoms with Gasteiger partial charge in [0.25, 0.3) is 0 Å². The molecule has 2 N–H and O–H groups in total. The number of nitrogens with one attached hydrogen (secondary N) is 2. The van der Waals surface area contributed by atoms with Crippen molar-refractivity contribution in [2.24, 2.45) is 4.99 Å². The summed E-state index contributed by atoms with van der Waals surface area (Å²) in [7, 11) is 4.91. The molecular weight excluding hydrogens is 321 g/mol. The lowest BCUT2D eigenvalue weighted by atomic mass is 10.1. The molecule has 2 aromatic rings. The molecule has 0 unspecified atom stereocenters. The summed E-state index contributed by atoms with van der Waals surface area (Å²) >= 11 is 0. The number of hydrogen-bond donors (Lipinski definition) is 2. The second-order valence-electron chi connectivity index (χ2n) is 5.43. The predicted molar refractivity (Wildman–Crippen MR) is 99.3 cm³/mol. The highest BCUT2D eigenvalue weighted by Crippen LogP contribution is 2.29. The molecule has 6 heteroatoms. The average Bonchev–Trinajstić information content (AvgIpc) is 2.64. The summed E-state index contributed by atoms with van der Waals surface area (Å²) in [4.78, 5) is 4.20. The zero-order chi connectivity index (χ0) is 18.1. The minimum Gasteiger partial charge on any atom is -0.493 e. The van der Waals surface area contributed by atoms with Crippen LogP contribution in [0.3, 0.4) is 0 Å². The molecular formula is C19H24FN3O2. The summed E-state index contributed by atoms with van der Waals surface area (Å²) in [6.45, 7) is 0.726. The molecule has 2 rings (SSSR count). The zero-order valence-corrected chi connectivity index (χ0v) is 14.8. The van der Waals surface area contributed by atoms with Gasteiger partial charge >= 0.3 is 0 Å². The molecule has 0 aliphatic carbocycles. The number of benzene rings is 2. The maximum atomic E-state index is 13.2. The zero-order valence-electron chi connectivity index (χ0n) is 14.8. The Kier molecular flexibility index (Phi) is 7.07. The summed E-state index contributed by atoms with van der Waals surface area (Å²) in [5.41, 5.74) is 1.83. The van der Waals surface area contributed by atoms with Crippen LogP contribution in [-0.2, 0) is 6.42 Å². The van der Waals surface area contributed by atoms with E-state index in [1.54, 1.807) is 33.4 Å². The molecule has 0 radical (unpaired) electrons. The minimum atomic E-state index is -0.198. The third kappa shape index (κ3) is 5.67. The lowest BCUT2D eigenvalue weighted by Gasteiger charge is -2.14. The van der Waals surface area contributed by atoms with Gasteiger partial charge < -0.3 is 20.1 Å². The van der Waals surface area contributed by atoms with Gasteiger partial charge in [0, 0.05) is 25.3 Å². The molecule has 5 nitrogen and oxygen atoms in total. The molecule has 0 heterocycles. The van der Waals surface area contributed by atoms with E-state index in [1.165, 1.54) is 6.07 Å². The highest BCUT2D eigenvalue weighted by atomic mass is 19.1. The first-order valence-electron chi connectivity index (χ1n) is 8.10. The second kappa shape index (κ2) is 9.52. The average molecular weight is 345 g/mol. The van der Waals surface area contributed by atoms with E-state index in [9.17, 15) is 4.39 Å². The Bertz CT molecular complexity index is 720. The topological polar surface area (TPSA) is 54.9 Å². The highest BCUT2D eigenvalue weighted by molar-refractivity contribution is 5.93. The molecule has 0 atom stereocenters. The smallest absolute Gasteiger partial charge is 0.195 e. The maximum Gasteiger partial charge on any atom is 0.195 e. The number of methoxy groups -OCH3 is 2. The van der Waals surface area contributed by atoms with Crippen LogP contribution in [0.5, 0.6) is 11.5 Å². The molecule has 0 amide bonds. The van der Waals surface area contributed by atoms with Crippen LogP contribution in [0.2, 0.25) is 0 Å². The molecule has 0 aliphatic heterocycles. The van der Waals surface area contributed by atoms with E-state index in [-0.39, 0.29) is 5.82 Å². The normalized spacial score (nSPS) is 11.1. The highest BCUT2D eigenvalue weighted by Gasteiger charge is 2.06. The standard InChI is InChI=1S/C19H24FN3O2/c1-21-19(22-11-5-7-14-6-4-8-15(20)12-14)23-16-9-10-17(24-2)18(13-16)25-3/h4,6,8-10,12-13H,5,7,11H2,1-3H3,(H2,21,22,23). The first-order chi connectivity index (χ1) is 12.2. The Morgan fingerprint density at radius 3 is 2.56 bits per heavy atom. The van der Waals surface area contributed by atoms with Crippen LogP contribution in [0.25, 0.3) is 0 Å². The number of aryl methyl sites for hydroxylation is 1. The van der Waals surface area contributed by atoms with Crippen molar-refractivity contribution in [2.75, 3.05) is 33.1 Å². The number of rotatable bonds is 7. The van der Waals surface area contributed by atoms with Crippen molar-refractivity contribution >= 4 is 11.6 Å². The van der Waals surface area contributed by atoms with Crippen LogP contribution >= 0.6 is 0 Å². The molecule has 0 aliphatic rings. The first kappa shape index (κ1) is 18.6. The fourth-order valence-electron chi connectivity index (χ4n) is 2.42. The Balaban J connectivity index is 1.84. The SMILES string of the molecule is CN=C(NCCCc1cccc(F)c1)Nc1ccc(OC)c(OC)c1. The number of guanidine groups is 1. The van der Waals surface area contributed by atoms with Crippen molar-refractivity contribution in [3.05, 3.63) is 53.8 Å². The molecule has 2 aromatic carbocycles. The van der Waals surface area contributed by atoms with Gasteiger partial charge in [0.1, 0.15) is 5.82 Å². The van der Waals surface area contributed by atoms with Gasteiger partial charge in [-0.05, 0) is 42.7 Å². The third-order valence-electron chi connectivity index (χ3n) is 3.69. The van der Waals surface area contributed by atoms with E-state index in [1.807, 2.05) is 24.3 Å². The Labute approximate surface area is 147 Å². The van der Waals surface area contributed by atoms with Crippen LogP contribution in [0.1, 0.15) is 12.0 Å². The number of ether oxygens (including phenoxy) is 2. The quantitative estimate of drug-likeness (QED) is 0.458. The predicted octanol–water partition coefficient (Wildman–Crippen LogP) is 3.46. The van der Waals surface area contributed by atoms with Crippen molar-refractivity contribution in [2.45, 2.75) is 12.8 Å². The van der Waals surface area contributed by atoms with Gasteiger partial charge in [-0.2, -0.15) is 0 Å². The van der Waals surface area contributed by atoms with Crippen LogP contribution in [-0.4, -0.2) is 33.8 Å². The lowest BCUT2D eigenvalue weighted by Crippen LogP contribution is -2.31. The number of anilines is 1.